The Hall–Kier alpha value is -0.430. The molecule has 1 heterocycles. The predicted octanol–water partition coefficient (Wildman–Crippen LogP) is 2.24. The first-order valence-electron chi connectivity index (χ1n) is 6.00. The lowest BCUT2D eigenvalue weighted by Crippen LogP contribution is -2.42. The van der Waals surface area contributed by atoms with Crippen molar-refractivity contribution in [2.24, 2.45) is 0 Å². The molecule has 4 nitrogen and oxygen atoms in total. The number of amides is 1. The lowest BCUT2D eigenvalue weighted by Gasteiger charge is -2.11. The number of nitrogens with one attached hydrogen (secondary N) is 1. The van der Waals surface area contributed by atoms with Crippen molar-refractivity contribution in [1.29, 1.82) is 0 Å². The average molecular weight is 295 g/mol. The van der Waals surface area contributed by atoms with Gasteiger partial charge in [0.1, 0.15) is 6.67 Å². The Morgan fingerprint density at radius 3 is 2.78 bits per heavy atom. The Bertz CT molecular complexity index is 285. The fourth-order valence-electron chi connectivity index (χ4n) is 1.65. The summed E-state index contributed by atoms with van der Waals surface area (Å²) < 4.78 is 12.3. The molecule has 0 bridgehead atoms. The Labute approximate surface area is 114 Å². The Morgan fingerprint density at radius 1 is 1.44 bits per heavy atom. The van der Waals surface area contributed by atoms with Gasteiger partial charge in [-0.25, -0.2) is 9.18 Å². The third kappa shape index (κ3) is 5.95. The first-order valence-corrected chi connectivity index (χ1v) is 8.38. The highest BCUT2D eigenvalue weighted by Crippen LogP contribution is 2.39. The quantitative estimate of drug-likeness (QED) is 0.531. The van der Waals surface area contributed by atoms with Crippen molar-refractivity contribution < 1.29 is 19.1 Å². The highest BCUT2D eigenvalue weighted by atomic mass is 33.1. The summed E-state index contributed by atoms with van der Waals surface area (Å²) in [5.74, 6) is -0.509. The molecule has 0 aromatic carbocycles. The van der Waals surface area contributed by atoms with Crippen LogP contribution in [0.3, 0.4) is 0 Å². The van der Waals surface area contributed by atoms with E-state index in [9.17, 15) is 14.0 Å². The van der Waals surface area contributed by atoms with E-state index in [1.54, 1.807) is 0 Å². The van der Waals surface area contributed by atoms with Crippen LogP contribution in [0, 0.1) is 0 Å². The van der Waals surface area contributed by atoms with Crippen molar-refractivity contribution in [2.75, 3.05) is 12.4 Å². The predicted molar refractivity (Wildman–Crippen MR) is 72.5 cm³/mol. The molecule has 0 spiro atoms. The van der Waals surface area contributed by atoms with Gasteiger partial charge in [0, 0.05) is 17.4 Å². The number of rotatable bonds is 8. The molecule has 1 saturated heterocycles. The van der Waals surface area contributed by atoms with Crippen LogP contribution in [0.5, 0.6) is 0 Å². The minimum absolute atomic E-state index is 0.272. The fourth-order valence-corrected chi connectivity index (χ4v) is 4.68. The van der Waals surface area contributed by atoms with Gasteiger partial charge in [-0.15, -0.1) is 0 Å². The van der Waals surface area contributed by atoms with Crippen LogP contribution in [0.4, 0.5) is 4.39 Å². The molecule has 2 atom stereocenters. The van der Waals surface area contributed by atoms with E-state index in [0.29, 0.717) is 5.25 Å². The van der Waals surface area contributed by atoms with Gasteiger partial charge in [-0.3, -0.25) is 4.79 Å². The maximum atomic E-state index is 12.3. The zero-order valence-corrected chi connectivity index (χ0v) is 11.7. The maximum absolute atomic E-state index is 12.3. The molecule has 7 heteroatoms. The van der Waals surface area contributed by atoms with Crippen LogP contribution in [0.25, 0.3) is 0 Å². The van der Waals surface area contributed by atoms with Gasteiger partial charge >= 0.3 is 5.97 Å². The number of aliphatic carboxylic acids is 1. The number of alkyl halides is 1. The summed E-state index contributed by atoms with van der Waals surface area (Å²) >= 11 is 0. The van der Waals surface area contributed by atoms with Crippen molar-refractivity contribution in [3.05, 3.63) is 0 Å². The molecule has 2 N–H and O–H groups in total. The van der Waals surface area contributed by atoms with E-state index in [-0.39, 0.29) is 12.3 Å². The molecule has 0 radical (unpaired) electrons. The first-order chi connectivity index (χ1) is 8.63. The summed E-state index contributed by atoms with van der Waals surface area (Å²) in [6.07, 6.45) is 4.28. The number of carboxylic acid groups (broad SMARTS) is 1. The van der Waals surface area contributed by atoms with Crippen LogP contribution < -0.4 is 5.32 Å². The van der Waals surface area contributed by atoms with E-state index in [1.165, 1.54) is 12.2 Å². The molecule has 1 rings (SSSR count). The monoisotopic (exact) mass is 295 g/mol. The zero-order valence-electron chi connectivity index (χ0n) is 10.1. The Balaban J connectivity index is 2.07. The number of unbranched alkanes of at least 4 members (excludes halogenated alkanes) is 1. The second-order valence-corrected chi connectivity index (χ2v) is 6.97. The molecule has 1 aliphatic heterocycles. The Morgan fingerprint density at radius 2 is 2.22 bits per heavy atom. The smallest absolute Gasteiger partial charge is 0.328 e. The van der Waals surface area contributed by atoms with Crippen LogP contribution in [0.15, 0.2) is 0 Å². The van der Waals surface area contributed by atoms with Crippen LogP contribution >= 0.6 is 21.6 Å². The van der Waals surface area contributed by atoms with Gasteiger partial charge in [-0.05, 0) is 19.3 Å². The molecule has 0 aromatic heterocycles. The van der Waals surface area contributed by atoms with E-state index in [0.717, 1.165) is 19.3 Å². The van der Waals surface area contributed by atoms with Gasteiger partial charge in [0.15, 0.2) is 6.04 Å². The van der Waals surface area contributed by atoms with Crippen LogP contribution in [0.2, 0.25) is 0 Å². The zero-order chi connectivity index (χ0) is 13.4. The average Bonchev–Trinajstić information content (AvgIpc) is 2.84. The molecule has 0 aromatic rings. The fraction of sp³-hybridized carbons (Fsp3) is 0.818. The molecular weight excluding hydrogens is 277 g/mol. The van der Waals surface area contributed by atoms with Gasteiger partial charge in [-0.1, -0.05) is 28.0 Å². The van der Waals surface area contributed by atoms with Crippen molar-refractivity contribution in [3.8, 4) is 0 Å². The molecule has 0 saturated carbocycles. The van der Waals surface area contributed by atoms with E-state index in [1.807, 2.05) is 21.6 Å². The van der Waals surface area contributed by atoms with Gasteiger partial charge in [0.25, 0.3) is 0 Å². The number of halogens is 1. The standard InChI is InChI=1S/C11H18FNO3S2/c12-7-9(11(15)16)13-10(14)4-2-1-3-8-5-6-17-18-8/h8-9H,1-7H2,(H,13,14)(H,15,16)/t8-,9?/m0/s1. The number of hydrogen-bond donors (Lipinski definition) is 2. The number of carbonyl (C=O) groups is 2. The third-order valence-electron chi connectivity index (χ3n) is 2.69. The van der Waals surface area contributed by atoms with Crippen LogP contribution in [-0.4, -0.2) is 40.7 Å². The van der Waals surface area contributed by atoms with Crippen molar-refractivity contribution in [2.45, 2.75) is 43.4 Å². The summed E-state index contributed by atoms with van der Waals surface area (Å²) in [5, 5.41) is 11.4. The van der Waals surface area contributed by atoms with Crippen molar-refractivity contribution in [3.63, 3.8) is 0 Å². The number of carboxylic acids is 1. The summed E-state index contributed by atoms with van der Waals surface area (Å²) in [6.45, 7) is -1.07. The Kier molecular flexibility index (Phi) is 7.50. The van der Waals surface area contributed by atoms with Crippen LogP contribution in [-0.2, 0) is 9.59 Å². The summed E-state index contributed by atoms with van der Waals surface area (Å²) in [6, 6.07) is -1.40. The topological polar surface area (TPSA) is 66.4 Å². The molecule has 0 aliphatic carbocycles. The lowest BCUT2D eigenvalue weighted by atomic mass is 10.1. The molecule has 18 heavy (non-hydrogen) atoms. The van der Waals surface area contributed by atoms with Gasteiger partial charge in [0.05, 0.1) is 0 Å². The largest absolute Gasteiger partial charge is 0.480 e. The van der Waals surface area contributed by atoms with E-state index >= 15 is 0 Å². The highest BCUT2D eigenvalue weighted by Gasteiger charge is 2.19. The molecular formula is C11H18FNO3S2. The van der Waals surface area contributed by atoms with E-state index in [2.05, 4.69) is 5.32 Å². The van der Waals surface area contributed by atoms with Crippen molar-refractivity contribution in [1.82, 2.24) is 5.32 Å². The number of hydrogen-bond acceptors (Lipinski definition) is 4. The lowest BCUT2D eigenvalue weighted by molar-refractivity contribution is -0.142. The van der Waals surface area contributed by atoms with Gasteiger partial charge in [-0.2, -0.15) is 0 Å². The molecule has 1 unspecified atom stereocenters. The minimum Gasteiger partial charge on any atom is -0.480 e. The number of carbonyl (C=O) groups excluding carboxylic acids is 1. The van der Waals surface area contributed by atoms with E-state index in [4.69, 9.17) is 5.11 Å². The molecule has 1 fully saturated rings. The summed E-state index contributed by atoms with van der Waals surface area (Å²) in [4.78, 5) is 21.9. The molecule has 1 aliphatic rings. The second-order valence-electron chi connectivity index (χ2n) is 4.19. The third-order valence-corrected chi connectivity index (χ3v) is 5.70. The minimum atomic E-state index is -1.40. The first kappa shape index (κ1) is 15.6. The van der Waals surface area contributed by atoms with Crippen LogP contribution in [0.1, 0.15) is 32.1 Å². The van der Waals surface area contributed by atoms with E-state index < -0.39 is 18.7 Å². The SMILES string of the molecule is O=C(CCCC[C@H]1CCSS1)NC(CF)C(=O)O. The summed E-state index contributed by atoms with van der Waals surface area (Å²) in [5.41, 5.74) is 0. The van der Waals surface area contributed by atoms with Gasteiger partial charge in [0.2, 0.25) is 5.91 Å². The second kappa shape index (κ2) is 8.63. The van der Waals surface area contributed by atoms with Crippen molar-refractivity contribution >= 4 is 33.5 Å². The summed E-state index contributed by atoms with van der Waals surface area (Å²) in [7, 11) is 3.80. The highest BCUT2D eigenvalue weighted by molar-refractivity contribution is 8.77. The van der Waals surface area contributed by atoms with Gasteiger partial charge < -0.3 is 10.4 Å². The molecule has 104 valence electrons. The normalized spacial score (nSPS) is 20.6. The molecule has 1 amide bonds. The maximum Gasteiger partial charge on any atom is 0.328 e.